The van der Waals surface area contributed by atoms with Gasteiger partial charge in [0, 0.05) is 24.0 Å². The molecule has 0 radical (unpaired) electrons. The predicted octanol–water partition coefficient (Wildman–Crippen LogP) is 2.03. The Morgan fingerprint density at radius 1 is 1.67 bits per heavy atom. The second kappa shape index (κ2) is 4.33. The third-order valence-corrected chi connectivity index (χ3v) is 2.71. The highest BCUT2D eigenvalue weighted by molar-refractivity contribution is 4.83. The molecule has 1 rings (SSSR count). The number of nitrogens with zero attached hydrogens (tertiary/aromatic N) is 4. The Balaban J connectivity index is 2.40. The minimum absolute atomic E-state index is 0.478. The van der Waals surface area contributed by atoms with Crippen LogP contribution in [0.1, 0.15) is 19.8 Å². The van der Waals surface area contributed by atoms with Crippen LogP contribution >= 0.6 is 0 Å². The van der Waals surface area contributed by atoms with Crippen LogP contribution in [0, 0.1) is 5.92 Å². The van der Waals surface area contributed by atoms with E-state index in [1.54, 1.807) is 0 Å². The standard InChI is InChI=1S/C8H16N4/c1-3-7-4-8(5-10-11-9)12(2)6-7/h7-8H,3-6H2,1-2H3/t7-,8+/m1/s1. The summed E-state index contributed by atoms with van der Waals surface area (Å²) in [6.45, 7) is 4.00. The van der Waals surface area contributed by atoms with Gasteiger partial charge in [0.2, 0.25) is 0 Å². The fourth-order valence-corrected chi connectivity index (χ4v) is 1.84. The van der Waals surface area contributed by atoms with Crippen molar-refractivity contribution in [2.24, 2.45) is 11.0 Å². The van der Waals surface area contributed by atoms with Gasteiger partial charge in [-0.05, 0) is 24.9 Å². The van der Waals surface area contributed by atoms with Gasteiger partial charge in [-0.2, -0.15) is 0 Å². The van der Waals surface area contributed by atoms with Gasteiger partial charge in [-0.25, -0.2) is 0 Å². The first-order chi connectivity index (χ1) is 5.77. The van der Waals surface area contributed by atoms with Gasteiger partial charge in [0.15, 0.2) is 0 Å². The minimum Gasteiger partial charge on any atom is -0.303 e. The fourth-order valence-electron chi connectivity index (χ4n) is 1.84. The zero-order valence-electron chi connectivity index (χ0n) is 7.77. The molecule has 0 aromatic heterocycles. The third-order valence-electron chi connectivity index (χ3n) is 2.71. The summed E-state index contributed by atoms with van der Waals surface area (Å²) in [5, 5.41) is 3.61. The Hall–Kier alpha value is -0.730. The highest BCUT2D eigenvalue weighted by Gasteiger charge is 2.27. The maximum absolute atomic E-state index is 8.18. The van der Waals surface area contributed by atoms with Gasteiger partial charge >= 0.3 is 0 Å². The van der Waals surface area contributed by atoms with Gasteiger partial charge in [0.1, 0.15) is 0 Å². The van der Waals surface area contributed by atoms with Crippen molar-refractivity contribution in [2.75, 3.05) is 20.1 Å². The first kappa shape index (κ1) is 9.36. The smallest absolute Gasteiger partial charge is 0.0414 e. The van der Waals surface area contributed by atoms with E-state index in [1.165, 1.54) is 12.8 Å². The van der Waals surface area contributed by atoms with E-state index in [1.807, 2.05) is 0 Å². The summed E-state index contributed by atoms with van der Waals surface area (Å²) in [7, 11) is 2.10. The van der Waals surface area contributed by atoms with Crippen LogP contribution in [0.25, 0.3) is 10.4 Å². The van der Waals surface area contributed by atoms with Gasteiger partial charge in [0.25, 0.3) is 0 Å². The van der Waals surface area contributed by atoms with Crippen LogP contribution in [0.4, 0.5) is 0 Å². The molecule has 4 heteroatoms. The van der Waals surface area contributed by atoms with E-state index in [0.29, 0.717) is 12.6 Å². The summed E-state index contributed by atoms with van der Waals surface area (Å²) in [4.78, 5) is 5.08. The molecule has 0 amide bonds. The Labute approximate surface area is 73.2 Å². The normalized spacial score (nSPS) is 30.2. The fraction of sp³-hybridized carbons (Fsp3) is 1.00. The van der Waals surface area contributed by atoms with Crippen LogP contribution in [-0.4, -0.2) is 31.1 Å². The lowest BCUT2D eigenvalue weighted by atomic mass is 10.0. The molecular formula is C8H16N4. The number of likely N-dealkylation sites (tertiary alicyclic amines) is 1. The molecule has 0 aromatic carbocycles. The first-order valence-corrected chi connectivity index (χ1v) is 4.49. The van der Waals surface area contributed by atoms with Crippen molar-refractivity contribution in [2.45, 2.75) is 25.8 Å². The van der Waals surface area contributed by atoms with Crippen molar-refractivity contribution < 1.29 is 0 Å². The number of rotatable bonds is 3. The Bertz CT molecular complexity index is 185. The molecule has 0 spiro atoms. The topological polar surface area (TPSA) is 52.0 Å². The number of likely N-dealkylation sites (N-methyl/N-ethyl adjacent to an activating group) is 1. The largest absolute Gasteiger partial charge is 0.303 e. The van der Waals surface area contributed by atoms with Crippen molar-refractivity contribution in [1.29, 1.82) is 0 Å². The maximum Gasteiger partial charge on any atom is 0.0414 e. The molecule has 1 saturated heterocycles. The molecule has 68 valence electrons. The zero-order chi connectivity index (χ0) is 8.97. The average Bonchev–Trinajstić information content (AvgIpc) is 2.43. The predicted molar refractivity (Wildman–Crippen MR) is 48.8 cm³/mol. The molecule has 1 fully saturated rings. The molecule has 1 aliphatic rings. The minimum atomic E-state index is 0.478. The van der Waals surface area contributed by atoms with Gasteiger partial charge in [0.05, 0.1) is 0 Å². The van der Waals surface area contributed by atoms with Crippen molar-refractivity contribution >= 4 is 0 Å². The lowest BCUT2D eigenvalue weighted by Gasteiger charge is -2.15. The molecule has 4 nitrogen and oxygen atoms in total. The van der Waals surface area contributed by atoms with Crippen LogP contribution in [-0.2, 0) is 0 Å². The van der Waals surface area contributed by atoms with Gasteiger partial charge in [-0.1, -0.05) is 18.5 Å². The van der Waals surface area contributed by atoms with Gasteiger partial charge in [-0.15, -0.1) is 0 Å². The average molecular weight is 168 g/mol. The van der Waals surface area contributed by atoms with Crippen molar-refractivity contribution in [1.82, 2.24) is 4.90 Å². The zero-order valence-corrected chi connectivity index (χ0v) is 7.77. The van der Waals surface area contributed by atoms with Crippen LogP contribution < -0.4 is 0 Å². The van der Waals surface area contributed by atoms with Crippen LogP contribution in [0.5, 0.6) is 0 Å². The van der Waals surface area contributed by atoms with E-state index in [-0.39, 0.29) is 0 Å². The van der Waals surface area contributed by atoms with E-state index in [0.717, 1.165) is 12.5 Å². The molecular weight excluding hydrogens is 152 g/mol. The van der Waals surface area contributed by atoms with Gasteiger partial charge < -0.3 is 4.90 Å². The summed E-state index contributed by atoms with van der Waals surface area (Å²) < 4.78 is 0. The molecule has 1 aliphatic heterocycles. The quantitative estimate of drug-likeness (QED) is 0.361. The summed E-state index contributed by atoms with van der Waals surface area (Å²) in [6, 6.07) is 0.478. The van der Waals surface area contributed by atoms with E-state index < -0.39 is 0 Å². The van der Waals surface area contributed by atoms with Crippen molar-refractivity contribution in [3.05, 3.63) is 10.4 Å². The summed E-state index contributed by atoms with van der Waals surface area (Å²) >= 11 is 0. The van der Waals surface area contributed by atoms with E-state index in [4.69, 9.17) is 5.53 Å². The summed E-state index contributed by atoms with van der Waals surface area (Å²) in [5.74, 6) is 0.800. The van der Waals surface area contributed by atoms with Crippen molar-refractivity contribution in [3.8, 4) is 0 Å². The molecule has 1 heterocycles. The van der Waals surface area contributed by atoms with E-state index >= 15 is 0 Å². The van der Waals surface area contributed by atoms with Crippen LogP contribution in [0.2, 0.25) is 0 Å². The molecule has 0 saturated carbocycles. The molecule has 0 unspecified atom stereocenters. The van der Waals surface area contributed by atoms with E-state index in [2.05, 4.69) is 28.9 Å². The summed E-state index contributed by atoms with van der Waals surface area (Å²) in [6.07, 6.45) is 2.42. The van der Waals surface area contributed by atoms with Crippen molar-refractivity contribution in [3.63, 3.8) is 0 Å². The second-order valence-corrected chi connectivity index (χ2v) is 3.52. The molecule has 0 aliphatic carbocycles. The molecule has 2 atom stereocenters. The Morgan fingerprint density at radius 2 is 2.42 bits per heavy atom. The Kier molecular flexibility index (Phi) is 3.38. The van der Waals surface area contributed by atoms with Crippen LogP contribution in [0.3, 0.4) is 0 Å². The number of hydrogen-bond donors (Lipinski definition) is 0. The summed E-state index contributed by atoms with van der Waals surface area (Å²) in [5.41, 5.74) is 8.18. The lowest BCUT2D eigenvalue weighted by molar-refractivity contribution is 0.312. The van der Waals surface area contributed by atoms with Crippen LogP contribution in [0.15, 0.2) is 5.11 Å². The molecule has 0 N–H and O–H groups in total. The number of hydrogen-bond acceptors (Lipinski definition) is 2. The highest BCUT2D eigenvalue weighted by atomic mass is 15.2. The molecule has 0 aromatic rings. The first-order valence-electron chi connectivity index (χ1n) is 4.49. The molecule has 0 bridgehead atoms. The van der Waals surface area contributed by atoms with E-state index in [9.17, 15) is 0 Å². The third kappa shape index (κ3) is 2.13. The maximum atomic E-state index is 8.18. The monoisotopic (exact) mass is 168 g/mol. The highest BCUT2D eigenvalue weighted by Crippen LogP contribution is 2.23. The lowest BCUT2D eigenvalue weighted by Crippen LogP contribution is -2.27. The second-order valence-electron chi connectivity index (χ2n) is 3.52. The molecule has 12 heavy (non-hydrogen) atoms. The Morgan fingerprint density at radius 3 is 2.92 bits per heavy atom. The SMILES string of the molecule is CC[C@@H]1C[C@@H](CN=[N+]=[N-])N(C)C1. The number of azide groups is 1. The van der Waals surface area contributed by atoms with Gasteiger partial charge in [-0.3, -0.25) is 0 Å².